The number of urea groups is 1. The maximum absolute atomic E-state index is 12.1. The largest absolute Gasteiger partial charge is 0.489 e. The Morgan fingerprint density at radius 3 is 2.41 bits per heavy atom. The molecule has 3 aromatic carbocycles. The van der Waals surface area contributed by atoms with Crippen LogP contribution in [0.3, 0.4) is 0 Å². The number of aryl methyl sites for hydroxylation is 1. The van der Waals surface area contributed by atoms with Gasteiger partial charge in [-0.3, -0.25) is 5.01 Å². The summed E-state index contributed by atoms with van der Waals surface area (Å²) in [5.41, 5.74) is 4.85. The molecule has 0 heterocycles. The number of carbonyl (C=O) groups excluding carboxylic acids is 1. The van der Waals surface area contributed by atoms with E-state index in [1.54, 1.807) is 12.1 Å². The van der Waals surface area contributed by atoms with Gasteiger partial charge in [0.1, 0.15) is 19.0 Å². The zero-order valence-electron chi connectivity index (χ0n) is 19.4. The van der Waals surface area contributed by atoms with Gasteiger partial charge in [-0.15, -0.1) is 0 Å². The van der Waals surface area contributed by atoms with Crippen LogP contribution in [-0.2, 0) is 18.1 Å². The maximum atomic E-state index is 12.1. The third-order valence-electron chi connectivity index (χ3n) is 5.08. The fraction of sp³-hybridized carbons (Fsp3) is 0.200. The highest BCUT2D eigenvalue weighted by Crippen LogP contribution is 2.24. The van der Waals surface area contributed by atoms with E-state index in [1.165, 1.54) is 7.05 Å². The summed E-state index contributed by atoms with van der Waals surface area (Å²) in [7, 11) is 1.43. The predicted molar refractivity (Wildman–Crippen MR) is 134 cm³/mol. The molecule has 0 saturated heterocycles. The molecule has 34 heavy (non-hydrogen) atoms. The number of carbonyl (C=O) groups is 1. The van der Waals surface area contributed by atoms with Gasteiger partial charge >= 0.3 is 6.03 Å². The van der Waals surface area contributed by atoms with E-state index < -0.39 is 6.03 Å². The van der Waals surface area contributed by atoms with Gasteiger partial charge in [0.05, 0.1) is 11.4 Å². The topological polar surface area (TPSA) is 106 Å². The number of ether oxygens (including phenoxy) is 1. The number of hydrogen-bond acceptors (Lipinski definition) is 6. The lowest BCUT2D eigenvalue weighted by molar-refractivity contribution is 0.130. The lowest BCUT2D eigenvalue weighted by Crippen LogP contribution is -2.49. The molecule has 0 aliphatic heterocycles. The molecule has 0 unspecified atom stereocenters. The summed E-state index contributed by atoms with van der Waals surface area (Å²) in [6, 6.07) is 19.9. The van der Waals surface area contributed by atoms with E-state index in [-0.39, 0.29) is 6.61 Å². The summed E-state index contributed by atoms with van der Waals surface area (Å²) in [6.07, 6.45) is 0. The molecular weight excluding hydrogens is 454 g/mol. The van der Waals surface area contributed by atoms with Gasteiger partial charge in [0.15, 0.2) is 0 Å². The molecule has 3 rings (SSSR count). The molecule has 4 N–H and O–H groups in total. The number of hydrazine groups is 2. The number of rotatable bonds is 8. The Labute approximate surface area is 204 Å². The predicted octanol–water partition coefficient (Wildman–Crippen LogP) is 4.77. The van der Waals surface area contributed by atoms with Gasteiger partial charge < -0.3 is 9.57 Å². The van der Waals surface area contributed by atoms with Crippen LogP contribution in [-0.4, -0.2) is 23.8 Å². The van der Waals surface area contributed by atoms with Crippen LogP contribution in [0.1, 0.15) is 29.2 Å². The van der Waals surface area contributed by atoms with Crippen LogP contribution in [0.5, 0.6) is 5.75 Å². The van der Waals surface area contributed by atoms with Crippen molar-refractivity contribution in [1.29, 1.82) is 0 Å². The first kappa shape index (κ1) is 25.0. The third-order valence-corrected chi connectivity index (χ3v) is 5.33. The van der Waals surface area contributed by atoms with E-state index in [2.05, 4.69) is 5.16 Å². The van der Waals surface area contributed by atoms with Crippen LogP contribution in [0.4, 0.5) is 10.5 Å². The molecule has 0 spiro atoms. The molecule has 0 fully saturated rings. The van der Waals surface area contributed by atoms with E-state index in [4.69, 9.17) is 32.9 Å². The summed E-state index contributed by atoms with van der Waals surface area (Å²) in [5, 5.41) is 6.82. The molecule has 9 heteroatoms. The minimum Gasteiger partial charge on any atom is -0.489 e. The Kier molecular flexibility index (Phi) is 8.48. The molecule has 8 nitrogen and oxygen atoms in total. The van der Waals surface area contributed by atoms with Crippen molar-refractivity contribution < 1.29 is 14.4 Å². The van der Waals surface area contributed by atoms with Crippen LogP contribution < -0.4 is 21.4 Å². The van der Waals surface area contributed by atoms with E-state index in [1.807, 2.05) is 68.4 Å². The number of amides is 2. The first-order chi connectivity index (χ1) is 16.3. The highest BCUT2D eigenvalue weighted by molar-refractivity contribution is 6.30. The lowest BCUT2D eigenvalue weighted by Gasteiger charge is -2.23. The first-order valence-electron chi connectivity index (χ1n) is 10.6. The van der Waals surface area contributed by atoms with Crippen LogP contribution in [0.25, 0.3) is 0 Å². The third kappa shape index (κ3) is 6.48. The number of oxime groups is 1. The van der Waals surface area contributed by atoms with E-state index in [9.17, 15) is 4.79 Å². The highest BCUT2D eigenvalue weighted by atomic mass is 35.5. The normalized spacial score (nSPS) is 11.2. The first-order valence-corrected chi connectivity index (χ1v) is 10.9. The van der Waals surface area contributed by atoms with Gasteiger partial charge in [-0.2, -0.15) is 0 Å². The minimum atomic E-state index is -0.541. The van der Waals surface area contributed by atoms with Crippen molar-refractivity contribution in [2.75, 3.05) is 12.1 Å². The monoisotopic (exact) mass is 481 g/mol. The number of halogens is 1. The average Bonchev–Trinajstić information content (AvgIpc) is 2.83. The molecule has 0 atom stereocenters. The summed E-state index contributed by atoms with van der Waals surface area (Å²) >= 11 is 5.90. The quantitative estimate of drug-likeness (QED) is 0.208. The molecule has 0 bridgehead atoms. The summed E-state index contributed by atoms with van der Waals surface area (Å²) in [6.45, 7) is 4.42. The molecule has 0 saturated carbocycles. The smallest absolute Gasteiger partial charge is 0.352 e. The number of anilines is 1. The van der Waals surface area contributed by atoms with Gasteiger partial charge in [-0.25, -0.2) is 21.5 Å². The summed E-state index contributed by atoms with van der Waals surface area (Å²) in [4.78, 5) is 17.6. The molecule has 3 aromatic rings. The fourth-order valence-corrected chi connectivity index (χ4v) is 3.30. The van der Waals surface area contributed by atoms with Crippen LogP contribution in [0, 0.1) is 6.92 Å². The van der Waals surface area contributed by atoms with Crippen LogP contribution >= 0.6 is 11.6 Å². The zero-order chi connectivity index (χ0) is 24.7. The number of nitrogens with zero attached hydrogens (tertiary/aromatic N) is 3. The Morgan fingerprint density at radius 2 is 1.74 bits per heavy atom. The molecule has 0 aromatic heterocycles. The van der Waals surface area contributed by atoms with Crippen molar-refractivity contribution in [3.63, 3.8) is 0 Å². The molecule has 0 radical (unpaired) electrons. The molecular formula is C25H28ClN5O3. The van der Waals surface area contributed by atoms with Crippen molar-refractivity contribution in [2.24, 2.45) is 16.8 Å². The highest BCUT2D eigenvalue weighted by Gasteiger charge is 2.17. The zero-order valence-corrected chi connectivity index (χ0v) is 20.1. The maximum Gasteiger partial charge on any atom is 0.352 e. The summed E-state index contributed by atoms with van der Waals surface area (Å²) < 4.78 is 6.02. The van der Waals surface area contributed by atoms with Crippen LogP contribution in [0.2, 0.25) is 5.02 Å². The minimum absolute atomic E-state index is 0.225. The van der Waals surface area contributed by atoms with Crippen molar-refractivity contribution in [3.8, 4) is 5.75 Å². The van der Waals surface area contributed by atoms with Crippen molar-refractivity contribution in [1.82, 2.24) is 5.01 Å². The Morgan fingerprint density at radius 1 is 1.03 bits per heavy atom. The fourth-order valence-electron chi connectivity index (χ4n) is 3.17. The Balaban J connectivity index is 1.65. The van der Waals surface area contributed by atoms with Crippen molar-refractivity contribution >= 4 is 29.0 Å². The van der Waals surface area contributed by atoms with E-state index in [0.29, 0.717) is 23.1 Å². The van der Waals surface area contributed by atoms with Crippen LogP contribution in [0.15, 0.2) is 71.9 Å². The number of para-hydroxylation sites is 1. The van der Waals surface area contributed by atoms with Gasteiger partial charge in [0.25, 0.3) is 0 Å². The van der Waals surface area contributed by atoms with Gasteiger partial charge in [-0.05, 0) is 66.9 Å². The molecule has 2 amide bonds. The Bertz CT molecular complexity index is 1170. The molecule has 178 valence electrons. The molecule has 0 aliphatic rings. The summed E-state index contributed by atoms with van der Waals surface area (Å²) in [5.74, 6) is 12.2. The lowest BCUT2D eigenvalue weighted by atomic mass is 10.1. The second kappa shape index (κ2) is 11.5. The standard InChI is InChI=1S/C25H28ClN5O3/c1-17-14-20(18(2)29-34-15-19-8-11-22(26)12-9-19)10-13-24(17)33-16-21-6-4-5-7-23(21)31(28)25(32)30(3)27/h4-14H,15-16,27-28H2,1-3H3. The number of hydrogen-bond donors (Lipinski definition) is 2. The van der Waals surface area contributed by atoms with Gasteiger partial charge in [0, 0.05) is 17.6 Å². The number of benzene rings is 3. The van der Waals surface area contributed by atoms with Gasteiger partial charge in [0.2, 0.25) is 0 Å². The second-order valence-electron chi connectivity index (χ2n) is 7.74. The van der Waals surface area contributed by atoms with E-state index >= 15 is 0 Å². The van der Waals surface area contributed by atoms with Crippen molar-refractivity contribution in [3.05, 3.63) is 94.0 Å². The Hall–Kier alpha value is -3.59. The molecule has 0 aliphatic carbocycles. The number of nitrogens with two attached hydrogens (primary N) is 2. The average molecular weight is 482 g/mol. The van der Waals surface area contributed by atoms with Gasteiger partial charge in [-0.1, -0.05) is 47.1 Å². The second-order valence-corrected chi connectivity index (χ2v) is 8.17. The van der Waals surface area contributed by atoms with E-state index in [0.717, 1.165) is 38.0 Å². The van der Waals surface area contributed by atoms with Crippen molar-refractivity contribution in [2.45, 2.75) is 27.1 Å². The SMILES string of the molecule is CC(=NOCc1ccc(Cl)cc1)c1ccc(OCc2ccccc2N(N)C(=O)N(C)N)c(C)c1.